The summed E-state index contributed by atoms with van der Waals surface area (Å²) >= 11 is 1.32. The minimum Gasteiger partial charge on any atom is -0.491 e. The van der Waals surface area contributed by atoms with Crippen molar-refractivity contribution < 1.29 is 4.74 Å². The van der Waals surface area contributed by atoms with Crippen LogP contribution in [-0.2, 0) is 4.74 Å². The maximum absolute atomic E-state index is 5.72. The van der Waals surface area contributed by atoms with Gasteiger partial charge >= 0.3 is 0 Å². The molecule has 0 saturated heterocycles. The molecule has 0 radical (unpaired) electrons. The van der Waals surface area contributed by atoms with Gasteiger partial charge in [-0.15, -0.1) is 10.2 Å². The molecule has 6 heteroatoms. The van der Waals surface area contributed by atoms with E-state index in [9.17, 15) is 0 Å². The van der Waals surface area contributed by atoms with E-state index >= 15 is 0 Å². The standard InChI is InChI=1S/C15H16N4OS/c1-3-20-13(14-18-19-15(16)21-14)8-11-9(2)17-12-7-5-4-6-10(11)12/h4-8,17H,3H2,1-2H3,(H2,16,19)/b13-8-. The molecule has 0 amide bonds. The Kier molecular flexibility index (Phi) is 3.62. The number of ether oxygens (including phenoxy) is 1. The lowest BCUT2D eigenvalue weighted by Crippen LogP contribution is -1.92. The second-order valence-corrected chi connectivity index (χ2v) is 5.61. The Morgan fingerprint density at radius 3 is 2.90 bits per heavy atom. The van der Waals surface area contributed by atoms with Gasteiger partial charge in [0.1, 0.15) is 0 Å². The van der Waals surface area contributed by atoms with Crippen molar-refractivity contribution in [1.82, 2.24) is 15.2 Å². The topological polar surface area (TPSA) is 76.8 Å². The number of nitrogens with two attached hydrogens (primary N) is 1. The lowest BCUT2D eigenvalue weighted by molar-refractivity contribution is 0.300. The fraction of sp³-hybridized carbons (Fsp3) is 0.200. The number of rotatable bonds is 4. The highest BCUT2D eigenvalue weighted by atomic mass is 32.1. The quantitative estimate of drug-likeness (QED) is 0.724. The SMILES string of the molecule is CCO/C(=C\c1c(C)[nH]c2ccccc12)c1nnc(N)s1. The van der Waals surface area contributed by atoms with Gasteiger partial charge in [-0.2, -0.15) is 0 Å². The van der Waals surface area contributed by atoms with Crippen LogP contribution in [0, 0.1) is 6.92 Å². The predicted molar refractivity (Wildman–Crippen MR) is 86.9 cm³/mol. The summed E-state index contributed by atoms with van der Waals surface area (Å²) in [5.41, 5.74) is 8.96. The van der Waals surface area contributed by atoms with Gasteiger partial charge in [-0.05, 0) is 26.0 Å². The van der Waals surface area contributed by atoms with Gasteiger partial charge in [-0.25, -0.2) is 0 Å². The van der Waals surface area contributed by atoms with Gasteiger partial charge in [0.05, 0.1) is 6.61 Å². The highest BCUT2D eigenvalue weighted by molar-refractivity contribution is 7.16. The lowest BCUT2D eigenvalue weighted by atomic mass is 10.1. The number of hydrogen-bond donors (Lipinski definition) is 2. The molecule has 0 unspecified atom stereocenters. The minimum atomic E-state index is 0.436. The molecular formula is C15H16N4OS. The number of nitrogens with one attached hydrogen (secondary N) is 1. The summed E-state index contributed by atoms with van der Waals surface area (Å²) < 4.78 is 5.72. The van der Waals surface area contributed by atoms with Crippen LogP contribution in [0.3, 0.4) is 0 Å². The van der Waals surface area contributed by atoms with Gasteiger partial charge in [0.25, 0.3) is 0 Å². The van der Waals surface area contributed by atoms with Gasteiger partial charge < -0.3 is 15.5 Å². The zero-order chi connectivity index (χ0) is 14.8. The number of benzene rings is 1. The van der Waals surface area contributed by atoms with Crippen LogP contribution >= 0.6 is 11.3 Å². The molecule has 2 heterocycles. The van der Waals surface area contributed by atoms with Crippen LogP contribution in [0.5, 0.6) is 0 Å². The molecule has 0 aliphatic heterocycles. The number of anilines is 1. The number of nitrogens with zero attached hydrogens (tertiary/aromatic N) is 2. The molecule has 0 fully saturated rings. The number of H-pyrrole nitrogens is 1. The van der Waals surface area contributed by atoms with Crippen molar-refractivity contribution in [3.63, 3.8) is 0 Å². The Morgan fingerprint density at radius 2 is 2.19 bits per heavy atom. The second-order valence-electron chi connectivity index (χ2n) is 4.60. The number of aryl methyl sites for hydroxylation is 1. The van der Waals surface area contributed by atoms with Crippen molar-refractivity contribution in [2.24, 2.45) is 0 Å². The van der Waals surface area contributed by atoms with E-state index in [4.69, 9.17) is 10.5 Å². The third-order valence-corrected chi connectivity index (χ3v) is 3.94. The van der Waals surface area contributed by atoms with Crippen molar-refractivity contribution in [3.05, 3.63) is 40.5 Å². The van der Waals surface area contributed by atoms with Gasteiger partial charge in [-0.3, -0.25) is 0 Å². The van der Waals surface area contributed by atoms with Gasteiger partial charge in [0.15, 0.2) is 10.8 Å². The maximum atomic E-state index is 5.72. The summed E-state index contributed by atoms with van der Waals surface area (Å²) in [7, 11) is 0. The summed E-state index contributed by atoms with van der Waals surface area (Å²) in [5.74, 6) is 0.694. The van der Waals surface area contributed by atoms with E-state index in [1.54, 1.807) is 0 Å². The maximum Gasteiger partial charge on any atom is 0.203 e. The zero-order valence-electron chi connectivity index (χ0n) is 11.9. The Bertz CT molecular complexity index is 803. The van der Waals surface area contributed by atoms with E-state index in [2.05, 4.69) is 27.3 Å². The van der Waals surface area contributed by atoms with Gasteiger partial charge in [-0.1, -0.05) is 29.5 Å². The summed E-state index contributed by atoms with van der Waals surface area (Å²) in [4.78, 5) is 3.37. The molecule has 0 spiro atoms. The number of hydrogen-bond acceptors (Lipinski definition) is 5. The first kappa shape index (κ1) is 13.6. The second kappa shape index (κ2) is 5.57. The smallest absolute Gasteiger partial charge is 0.203 e. The molecular weight excluding hydrogens is 284 g/mol. The number of fused-ring (bicyclic) bond motifs is 1. The molecule has 0 atom stereocenters. The molecule has 0 aliphatic rings. The van der Waals surface area contributed by atoms with Crippen molar-refractivity contribution in [2.45, 2.75) is 13.8 Å². The normalized spacial score (nSPS) is 12.0. The van der Waals surface area contributed by atoms with Crippen LogP contribution in [0.2, 0.25) is 0 Å². The van der Waals surface area contributed by atoms with E-state index in [-0.39, 0.29) is 0 Å². The Hall–Kier alpha value is -2.34. The van der Waals surface area contributed by atoms with Crippen LogP contribution in [-0.4, -0.2) is 21.8 Å². The third kappa shape index (κ3) is 2.62. The number of aromatic nitrogens is 3. The molecule has 3 rings (SSSR count). The molecule has 0 bridgehead atoms. The van der Waals surface area contributed by atoms with Crippen LogP contribution in [0.4, 0.5) is 5.13 Å². The molecule has 5 nitrogen and oxygen atoms in total. The van der Waals surface area contributed by atoms with Crippen molar-refractivity contribution in [2.75, 3.05) is 12.3 Å². The number of aromatic amines is 1. The van der Waals surface area contributed by atoms with Crippen LogP contribution in [0.25, 0.3) is 22.7 Å². The molecule has 3 aromatic rings. The molecule has 2 aromatic heterocycles. The Labute approximate surface area is 126 Å². The molecule has 1 aromatic carbocycles. The number of nitrogen functional groups attached to an aromatic ring is 1. The zero-order valence-corrected chi connectivity index (χ0v) is 12.7. The van der Waals surface area contributed by atoms with Crippen molar-refractivity contribution >= 4 is 39.2 Å². The first-order valence-corrected chi connectivity index (χ1v) is 7.52. The summed E-state index contributed by atoms with van der Waals surface area (Å²) in [6.07, 6.45) is 2.00. The van der Waals surface area contributed by atoms with E-state index in [0.29, 0.717) is 22.5 Å². The van der Waals surface area contributed by atoms with Crippen molar-refractivity contribution in [1.29, 1.82) is 0 Å². The first-order chi connectivity index (χ1) is 10.2. The van der Waals surface area contributed by atoms with E-state index in [0.717, 1.165) is 22.2 Å². The van der Waals surface area contributed by atoms with Crippen LogP contribution in [0.1, 0.15) is 23.2 Å². The highest BCUT2D eigenvalue weighted by Gasteiger charge is 2.12. The molecule has 108 valence electrons. The lowest BCUT2D eigenvalue weighted by Gasteiger charge is -2.05. The van der Waals surface area contributed by atoms with Crippen LogP contribution in [0.15, 0.2) is 24.3 Å². The molecule has 0 saturated carbocycles. The predicted octanol–water partition coefficient (Wildman–Crippen LogP) is 3.44. The van der Waals surface area contributed by atoms with E-state index in [1.807, 2.05) is 32.1 Å². The Morgan fingerprint density at radius 1 is 1.38 bits per heavy atom. The molecule has 3 N–H and O–H groups in total. The third-order valence-electron chi connectivity index (χ3n) is 3.17. The minimum absolute atomic E-state index is 0.436. The average molecular weight is 300 g/mol. The Balaban J connectivity index is 2.13. The van der Waals surface area contributed by atoms with E-state index in [1.165, 1.54) is 11.3 Å². The van der Waals surface area contributed by atoms with Gasteiger partial charge in [0.2, 0.25) is 5.13 Å². The van der Waals surface area contributed by atoms with Crippen LogP contribution < -0.4 is 5.73 Å². The van der Waals surface area contributed by atoms with Gasteiger partial charge in [0, 0.05) is 22.2 Å². The highest BCUT2D eigenvalue weighted by Crippen LogP contribution is 2.29. The largest absolute Gasteiger partial charge is 0.491 e. The molecule has 0 aliphatic carbocycles. The monoisotopic (exact) mass is 300 g/mol. The molecule has 21 heavy (non-hydrogen) atoms. The summed E-state index contributed by atoms with van der Waals surface area (Å²) in [5, 5.41) is 10.2. The fourth-order valence-electron chi connectivity index (χ4n) is 2.27. The number of para-hydroxylation sites is 1. The van der Waals surface area contributed by atoms with Crippen molar-refractivity contribution in [3.8, 4) is 0 Å². The van der Waals surface area contributed by atoms with E-state index < -0.39 is 0 Å². The first-order valence-electron chi connectivity index (χ1n) is 6.70. The summed E-state index contributed by atoms with van der Waals surface area (Å²) in [6.45, 7) is 4.55. The average Bonchev–Trinajstić information content (AvgIpc) is 3.03. The summed E-state index contributed by atoms with van der Waals surface area (Å²) in [6, 6.07) is 8.18. The fourth-order valence-corrected chi connectivity index (χ4v) is 2.85.